The van der Waals surface area contributed by atoms with Gasteiger partial charge in [-0.2, -0.15) is 0 Å². The van der Waals surface area contributed by atoms with Crippen LogP contribution in [-0.4, -0.2) is 4.30 Å². The molecule has 0 unspecified atom stereocenters. The van der Waals surface area contributed by atoms with Gasteiger partial charge in [-0.3, -0.25) is 0 Å². The molecular weight excluding hydrogens is 146 g/mol. The molecule has 0 saturated carbocycles. The molecule has 0 heterocycles. The van der Waals surface area contributed by atoms with Crippen molar-refractivity contribution in [1.29, 1.82) is 0 Å². The Morgan fingerprint density at radius 2 is 0.833 bits per heavy atom. The first kappa shape index (κ1) is 15.8. The first-order valence-electron chi connectivity index (χ1n) is 0.655. The molecule has 0 aromatic heterocycles. The molecule has 0 bridgehead atoms. The molecule has 0 aromatic carbocycles. The van der Waals surface area contributed by atoms with Crippen molar-refractivity contribution in [3.05, 3.63) is 0 Å². The summed E-state index contributed by atoms with van der Waals surface area (Å²) in [6, 6.07) is 0. The number of halogens is 3. The fourth-order valence-electron chi connectivity index (χ4n) is 0. The molecule has 0 atom stereocenters. The normalized spacial score (nSPS) is 6.00. The topological polar surface area (TPSA) is 70.0 Å². The van der Waals surface area contributed by atoms with Crippen LogP contribution in [0.4, 0.5) is 0 Å². The van der Waals surface area contributed by atoms with Crippen molar-refractivity contribution in [2.75, 3.05) is 0 Å². The van der Waals surface area contributed by atoms with Crippen molar-refractivity contribution >= 4 is 34.8 Å². The van der Waals surface area contributed by atoms with Gasteiger partial charge in [0, 0.05) is 0 Å². The summed E-state index contributed by atoms with van der Waals surface area (Å²) in [4.78, 5) is 0. The van der Waals surface area contributed by atoms with E-state index < -0.39 is 4.30 Å². The van der Waals surface area contributed by atoms with Crippen molar-refractivity contribution in [3.63, 3.8) is 0 Å². The van der Waals surface area contributed by atoms with Crippen LogP contribution in [0.3, 0.4) is 0 Å². The second-order valence-electron chi connectivity index (χ2n) is 0.247. The van der Waals surface area contributed by atoms with E-state index in [0.717, 1.165) is 0 Å². The van der Waals surface area contributed by atoms with Gasteiger partial charge in [-0.05, 0) is 0 Å². The molecule has 0 rings (SSSR count). The summed E-state index contributed by atoms with van der Waals surface area (Å²) in [6.45, 7) is 0. The average Bonchev–Trinajstić information content (AvgIpc) is 0.811. The van der Waals surface area contributed by atoms with E-state index in [1.165, 1.54) is 0 Å². The highest BCUT2D eigenvalue weighted by Gasteiger charge is 1.78. The number of rotatable bonds is 0. The van der Waals surface area contributed by atoms with Crippen LogP contribution in [0.25, 0.3) is 0 Å². The fraction of sp³-hybridized carbons (Fsp3) is 1.00. The molecule has 0 fully saturated rings. The molecule has 6 heavy (non-hydrogen) atoms. The van der Waals surface area contributed by atoms with E-state index in [1.54, 1.807) is 0 Å². The molecule has 0 aliphatic rings. The zero-order valence-corrected chi connectivity index (χ0v) is 5.39. The van der Waals surface area contributed by atoms with Crippen LogP contribution in [-0.2, 0) is 0 Å². The summed E-state index contributed by atoms with van der Waals surface area (Å²) < 4.78 is -0.750. The summed E-state index contributed by atoms with van der Waals surface area (Å²) in [5.41, 5.74) is 0. The highest BCUT2D eigenvalue weighted by molar-refractivity contribution is 6.63. The van der Waals surface area contributed by atoms with Crippen molar-refractivity contribution < 1.29 is 0 Å². The lowest BCUT2D eigenvalue weighted by atomic mass is 11.9. The van der Waals surface area contributed by atoms with Gasteiger partial charge in [0.2, 0.25) is 0 Å². The Morgan fingerprint density at radius 3 is 0.833 bits per heavy atom. The molecule has 0 aliphatic heterocycles. The number of alkyl halides is 3. The SMILES string of the molecule is ClC(Cl)Cl.N.N. The second kappa shape index (κ2) is 9.25. The summed E-state index contributed by atoms with van der Waals surface area (Å²) in [7, 11) is 0. The first-order valence-corrected chi connectivity index (χ1v) is 1.96. The lowest BCUT2D eigenvalue weighted by Gasteiger charge is -1.69. The highest BCUT2D eigenvalue weighted by atomic mass is 35.6. The lowest BCUT2D eigenvalue weighted by Crippen LogP contribution is -1.55. The number of hydrogen-bond donors (Lipinski definition) is 2. The Morgan fingerprint density at radius 1 is 0.833 bits per heavy atom. The van der Waals surface area contributed by atoms with E-state index in [4.69, 9.17) is 34.8 Å². The minimum absolute atomic E-state index is 0. The Bertz CT molecular complexity index is 13.5. The molecule has 42 valence electrons. The van der Waals surface area contributed by atoms with Gasteiger partial charge in [0.1, 0.15) is 0 Å². The lowest BCUT2D eigenvalue weighted by molar-refractivity contribution is 1.96. The van der Waals surface area contributed by atoms with Gasteiger partial charge in [-0.15, -0.1) is 0 Å². The van der Waals surface area contributed by atoms with Crippen LogP contribution >= 0.6 is 34.8 Å². The van der Waals surface area contributed by atoms with Crippen molar-refractivity contribution in [3.8, 4) is 0 Å². The quantitative estimate of drug-likeness (QED) is 0.524. The van der Waals surface area contributed by atoms with Crippen LogP contribution < -0.4 is 12.3 Å². The van der Waals surface area contributed by atoms with Gasteiger partial charge in [0.15, 0.2) is 4.30 Å². The van der Waals surface area contributed by atoms with Gasteiger partial charge in [-0.25, -0.2) is 0 Å². The molecule has 6 N–H and O–H groups in total. The van der Waals surface area contributed by atoms with Gasteiger partial charge in [0.25, 0.3) is 0 Å². The predicted molar refractivity (Wildman–Crippen MR) is 31.4 cm³/mol. The zero-order valence-electron chi connectivity index (χ0n) is 3.13. The maximum absolute atomic E-state index is 4.81. The van der Waals surface area contributed by atoms with Crippen LogP contribution in [0.15, 0.2) is 0 Å². The maximum atomic E-state index is 4.81. The van der Waals surface area contributed by atoms with E-state index in [2.05, 4.69) is 0 Å². The molecule has 0 radical (unpaired) electrons. The summed E-state index contributed by atoms with van der Waals surface area (Å²) >= 11 is 14.4. The van der Waals surface area contributed by atoms with Crippen LogP contribution in [0.2, 0.25) is 0 Å². The van der Waals surface area contributed by atoms with Crippen molar-refractivity contribution in [1.82, 2.24) is 12.3 Å². The van der Waals surface area contributed by atoms with Gasteiger partial charge in [0.05, 0.1) is 0 Å². The van der Waals surface area contributed by atoms with Crippen molar-refractivity contribution in [2.45, 2.75) is 4.30 Å². The van der Waals surface area contributed by atoms with E-state index in [1.807, 2.05) is 0 Å². The summed E-state index contributed by atoms with van der Waals surface area (Å²) in [6.07, 6.45) is 0. The fourth-order valence-corrected chi connectivity index (χ4v) is 0. The Kier molecular flexibility index (Phi) is 24.4. The zero-order chi connectivity index (χ0) is 3.58. The van der Waals surface area contributed by atoms with E-state index in [-0.39, 0.29) is 12.3 Å². The minimum atomic E-state index is -0.750. The van der Waals surface area contributed by atoms with Gasteiger partial charge >= 0.3 is 0 Å². The molecule has 0 saturated heterocycles. The monoisotopic (exact) mass is 152 g/mol. The minimum Gasteiger partial charge on any atom is -0.344 e. The number of hydrogen-bond acceptors (Lipinski definition) is 2. The highest BCUT2D eigenvalue weighted by Crippen LogP contribution is 2.03. The van der Waals surface area contributed by atoms with Crippen molar-refractivity contribution in [2.24, 2.45) is 0 Å². The smallest absolute Gasteiger partial charge is 0.180 e. The van der Waals surface area contributed by atoms with Crippen LogP contribution in [0.1, 0.15) is 0 Å². The molecule has 0 aliphatic carbocycles. The standard InChI is InChI=1S/CHCl3.2H3N/c2-1(3)4;;/h1H;2*1H3. The third-order valence-electron chi connectivity index (χ3n) is 0. The van der Waals surface area contributed by atoms with E-state index in [0.29, 0.717) is 0 Å². The van der Waals surface area contributed by atoms with Gasteiger partial charge < -0.3 is 12.3 Å². The maximum Gasteiger partial charge on any atom is 0.180 e. The Labute approximate surface area is 51.9 Å². The Hall–Kier alpha value is 0.790. The van der Waals surface area contributed by atoms with E-state index in [9.17, 15) is 0 Å². The molecule has 0 spiro atoms. The van der Waals surface area contributed by atoms with Crippen LogP contribution in [0.5, 0.6) is 0 Å². The first-order chi connectivity index (χ1) is 1.73. The molecule has 0 aromatic rings. The molecule has 5 heteroatoms. The third-order valence-corrected chi connectivity index (χ3v) is 0. The molecule has 0 amide bonds. The molecular formula is CH7Cl3N2. The largest absolute Gasteiger partial charge is 0.344 e. The summed E-state index contributed by atoms with van der Waals surface area (Å²) in [5, 5.41) is 0. The Balaban J connectivity index is -0.0000000450. The average molecular weight is 153 g/mol. The third kappa shape index (κ3) is 110. The molecule has 2 nitrogen and oxygen atoms in total. The van der Waals surface area contributed by atoms with Crippen LogP contribution in [0, 0.1) is 0 Å². The second-order valence-corrected chi connectivity index (χ2v) is 2.23. The summed E-state index contributed by atoms with van der Waals surface area (Å²) in [5.74, 6) is 0. The van der Waals surface area contributed by atoms with Gasteiger partial charge in [-0.1, -0.05) is 34.8 Å². The predicted octanol–water partition coefficient (Wildman–Crippen LogP) is 2.31. The van der Waals surface area contributed by atoms with E-state index >= 15 is 0 Å².